The van der Waals surface area contributed by atoms with Crippen molar-refractivity contribution in [2.24, 2.45) is 23.2 Å². The van der Waals surface area contributed by atoms with E-state index in [1.54, 1.807) is 0 Å². The van der Waals surface area contributed by atoms with Gasteiger partial charge < -0.3 is 0 Å². The summed E-state index contributed by atoms with van der Waals surface area (Å²) in [6.45, 7) is 4.47. The Balaban J connectivity index is 1.62. The number of carbonyl (C=O) groups is 2. The third-order valence-electron chi connectivity index (χ3n) is 7.23. The highest BCUT2D eigenvalue weighted by Crippen LogP contribution is 2.63. The Morgan fingerprint density at radius 3 is 2.68 bits per heavy atom. The predicted molar refractivity (Wildman–Crippen MR) is 100.0 cm³/mol. The van der Waals surface area contributed by atoms with Crippen LogP contribution in [0.25, 0.3) is 0 Å². The Morgan fingerprint density at radius 2 is 1.88 bits per heavy atom. The second-order valence-electron chi connectivity index (χ2n) is 8.89. The molecule has 3 aliphatic carbocycles. The van der Waals surface area contributed by atoms with Crippen molar-refractivity contribution in [1.82, 2.24) is 0 Å². The molecule has 4 unspecified atom stereocenters. The molecule has 2 fully saturated rings. The standard InChI is InChI=1S/C23H30O2/c1-3-4-5-6-7-9-15-10-8-11-17-18(15)22(25)19-16-12-13-23(2,14-16)20(19)21(17)24/h8,10-11,16,19-20H,3-7,9,12-14H2,1-2H3. The molecule has 0 N–H and O–H groups in total. The lowest BCUT2D eigenvalue weighted by molar-refractivity contribution is 0.0572. The van der Waals surface area contributed by atoms with Gasteiger partial charge in [-0.2, -0.15) is 0 Å². The number of ketones is 2. The SMILES string of the molecule is CCCCCCCc1cccc2c1C(=O)C1C3CCC(C)(C3)C1C2=O. The fourth-order valence-electron chi connectivity index (χ4n) is 6.02. The fourth-order valence-corrected chi connectivity index (χ4v) is 6.02. The topological polar surface area (TPSA) is 34.1 Å². The molecule has 0 aromatic heterocycles. The molecule has 4 atom stereocenters. The first kappa shape index (κ1) is 17.0. The highest BCUT2D eigenvalue weighted by Gasteiger charge is 2.62. The largest absolute Gasteiger partial charge is 0.294 e. The molecule has 4 rings (SSSR count). The van der Waals surface area contributed by atoms with Crippen LogP contribution in [0.2, 0.25) is 0 Å². The molecule has 0 radical (unpaired) electrons. The lowest BCUT2D eigenvalue weighted by atomic mass is 9.62. The Kier molecular flexibility index (Phi) is 4.33. The van der Waals surface area contributed by atoms with Crippen LogP contribution in [-0.2, 0) is 6.42 Å². The first-order valence-corrected chi connectivity index (χ1v) is 10.3. The highest BCUT2D eigenvalue weighted by molar-refractivity contribution is 6.17. The minimum Gasteiger partial charge on any atom is -0.294 e. The second-order valence-corrected chi connectivity index (χ2v) is 8.89. The van der Waals surface area contributed by atoms with E-state index < -0.39 is 0 Å². The molecule has 2 heteroatoms. The summed E-state index contributed by atoms with van der Waals surface area (Å²) in [4.78, 5) is 26.6. The molecule has 0 heterocycles. The lowest BCUT2D eigenvalue weighted by Crippen LogP contribution is -2.44. The Labute approximate surface area is 151 Å². The van der Waals surface area contributed by atoms with Gasteiger partial charge in [-0.15, -0.1) is 0 Å². The van der Waals surface area contributed by atoms with E-state index in [9.17, 15) is 9.59 Å². The summed E-state index contributed by atoms with van der Waals surface area (Å²) in [7, 11) is 0. The van der Waals surface area contributed by atoms with Crippen molar-refractivity contribution in [3.05, 3.63) is 34.9 Å². The molecule has 0 amide bonds. The Morgan fingerprint density at radius 1 is 1.08 bits per heavy atom. The zero-order chi connectivity index (χ0) is 17.6. The van der Waals surface area contributed by atoms with Crippen LogP contribution in [0.4, 0.5) is 0 Å². The summed E-state index contributed by atoms with van der Waals surface area (Å²) < 4.78 is 0. The van der Waals surface area contributed by atoms with Gasteiger partial charge in [-0.05, 0) is 49.0 Å². The summed E-state index contributed by atoms with van der Waals surface area (Å²) in [5.41, 5.74) is 2.71. The summed E-state index contributed by atoms with van der Waals surface area (Å²) in [5, 5.41) is 0. The number of unbranched alkanes of at least 4 members (excludes halogenated alkanes) is 4. The van der Waals surface area contributed by atoms with Crippen molar-refractivity contribution in [1.29, 1.82) is 0 Å². The maximum absolute atomic E-state index is 13.4. The molecule has 2 saturated carbocycles. The third-order valence-corrected chi connectivity index (χ3v) is 7.23. The van der Waals surface area contributed by atoms with Gasteiger partial charge in [-0.25, -0.2) is 0 Å². The van der Waals surface area contributed by atoms with E-state index in [0.29, 0.717) is 5.92 Å². The van der Waals surface area contributed by atoms with Crippen LogP contribution >= 0.6 is 0 Å². The van der Waals surface area contributed by atoms with Gasteiger partial charge in [0.1, 0.15) is 0 Å². The second kappa shape index (κ2) is 6.37. The van der Waals surface area contributed by atoms with Crippen LogP contribution < -0.4 is 0 Å². The number of carbonyl (C=O) groups excluding carboxylic acids is 2. The monoisotopic (exact) mass is 338 g/mol. The Hall–Kier alpha value is -1.44. The van der Waals surface area contributed by atoms with Gasteiger partial charge in [-0.1, -0.05) is 57.7 Å². The zero-order valence-corrected chi connectivity index (χ0v) is 15.6. The molecular formula is C23H30O2. The number of hydrogen-bond donors (Lipinski definition) is 0. The molecule has 2 bridgehead atoms. The normalized spacial score (nSPS) is 32.8. The van der Waals surface area contributed by atoms with Crippen LogP contribution in [0.1, 0.15) is 91.5 Å². The summed E-state index contributed by atoms with van der Waals surface area (Å²) >= 11 is 0. The zero-order valence-electron chi connectivity index (χ0n) is 15.6. The molecule has 1 aromatic rings. The molecule has 0 spiro atoms. The molecule has 3 aliphatic rings. The highest BCUT2D eigenvalue weighted by atomic mass is 16.1. The van der Waals surface area contributed by atoms with E-state index in [0.717, 1.165) is 48.8 Å². The van der Waals surface area contributed by atoms with E-state index >= 15 is 0 Å². The number of hydrogen-bond acceptors (Lipinski definition) is 2. The first-order valence-electron chi connectivity index (χ1n) is 10.3. The number of benzene rings is 1. The average Bonchev–Trinajstić information content (AvgIpc) is 3.13. The molecule has 1 aromatic carbocycles. The third kappa shape index (κ3) is 2.60. The molecule has 0 saturated heterocycles. The van der Waals surface area contributed by atoms with E-state index in [1.165, 1.54) is 25.7 Å². The van der Waals surface area contributed by atoms with E-state index in [-0.39, 0.29) is 28.8 Å². The smallest absolute Gasteiger partial charge is 0.167 e. The van der Waals surface area contributed by atoms with Crippen molar-refractivity contribution >= 4 is 11.6 Å². The number of aryl methyl sites for hydroxylation is 1. The number of fused-ring (bicyclic) bond motifs is 6. The van der Waals surface area contributed by atoms with E-state index in [4.69, 9.17) is 0 Å². The fraction of sp³-hybridized carbons (Fsp3) is 0.652. The van der Waals surface area contributed by atoms with Gasteiger partial charge in [-0.3, -0.25) is 9.59 Å². The van der Waals surface area contributed by atoms with Gasteiger partial charge in [0.15, 0.2) is 11.6 Å². The maximum atomic E-state index is 13.4. The van der Waals surface area contributed by atoms with Crippen LogP contribution in [0.3, 0.4) is 0 Å². The average molecular weight is 338 g/mol. The summed E-state index contributed by atoms with van der Waals surface area (Å²) in [6.07, 6.45) is 10.4. The quantitative estimate of drug-likeness (QED) is 0.630. The van der Waals surface area contributed by atoms with Gasteiger partial charge in [0.2, 0.25) is 0 Å². The summed E-state index contributed by atoms with van der Waals surface area (Å²) in [6, 6.07) is 5.97. The molecular weight excluding hydrogens is 308 g/mol. The van der Waals surface area contributed by atoms with Crippen LogP contribution in [0.5, 0.6) is 0 Å². The van der Waals surface area contributed by atoms with Gasteiger partial charge >= 0.3 is 0 Å². The van der Waals surface area contributed by atoms with E-state index in [1.807, 2.05) is 12.1 Å². The van der Waals surface area contributed by atoms with Crippen molar-refractivity contribution in [2.75, 3.05) is 0 Å². The number of Topliss-reactive ketones (excluding diaryl/α,β-unsaturated/α-hetero) is 2. The Bertz CT molecular complexity index is 704. The predicted octanol–water partition coefficient (Wildman–Crippen LogP) is 5.63. The van der Waals surface area contributed by atoms with Gasteiger partial charge in [0.25, 0.3) is 0 Å². The molecule has 2 nitrogen and oxygen atoms in total. The van der Waals surface area contributed by atoms with Gasteiger partial charge in [0, 0.05) is 23.0 Å². The van der Waals surface area contributed by atoms with Crippen molar-refractivity contribution in [2.45, 2.75) is 71.6 Å². The van der Waals surface area contributed by atoms with E-state index in [2.05, 4.69) is 19.9 Å². The minimum absolute atomic E-state index is 0.0278. The van der Waals surface area contributed by atoms with Crippen molar-refractivity contribution in [3.8, 4) is 0 Å². The lowest BCUT2D eigenvalue weighted by Gasteiger charge is -2.39. The number of rotatable bonds is 6. The summed E-state index contributed by atoms with van der Waals surface area (Å²) in [5.74, 6) is 0.914. The first-order chi connectivity index (χ1) is 12.1. The molecule has 0 aliphatic heterocycles. The molecule has 25 heavy (non-hydrogen) atoms. The minimum atomic E-state index is -0.0499. The van der Waals surface area contributed by atoms with Crippen LogP contribution in [0, 0.1) is 23.2 Å². The maximum Gasteiger partial charge on any atom is 0.167 e. The van der Waals surface area contributed by atoms with Crippen LogP contribution in [0.15, 0.2) is 18.2 Å². The van der Waals surface area contributed by atoms with Crippen LogP contribution in [-0.4, -0.2) is 11.6 Å². The molecule has 134 valence electrons. The van der Waals surface area contributed by atoms with Gasteiger partial charge in [0.05, 0.1) is 0 Å². The van der Waals surface area contributed by atoms with Crippen molar-refractivity contribution < 1.29 is 9.59 Å². The van der Waals surface area contributed by atoms with Crippen molar-refractivity contribution in [3.63, 3.8) is 0 Å².